The van der Waals surface area contributed by atoms with Crippen LogP contribution in [0.3, 0.4) is 0 Å². The van der Waals surface area contributed by atoms with E-state index in [1.54, 1.807) is 84.9 Å². The Bertz CT molecular complexity index is 1950. The summed E-state index contributed by atoms with van der Waals surface area (Å²) in [5.41, 5.74) is 0.743. The van der Waals surface area contributed by atoms with Gasteiger partial charge in [-0.1, -0.05) is 86.6 Å². The van der Waals surface area contributed by atoms with Crippen LogP contribution in [-0.4, -0.2) is 85.4 Å². The first-order valence-electron chi connectivity index (χ1n) is 17.8. The van der Waals surface area contributed by atoms with E-state index in [1.807, 2.05) is 13.8 Å². The van der Waals surface area contributed by atoms with E-state index in [0.717, 1.165) is 0 Å². The maximum absolute atomic E-state index is 13.7. The molecule has 292 valence electrons. The van der Waals surface area contributed by atoms with Crippen molar-refractivity contribution >= 4 is 47.2 Å². The van der Waals surface area contributed by atoms with Crippen molar-refractivity contribution < 1.29 is 52.4 Å². The van der Waals surface area contributed by atoms with Crippen molar-refractivity contribution in [2.45, 2.75) is 57.0 Å². The predicted octanol–water partition coefficient (Wildman–Crippen LogP) is 5.30. The van der Waals surface area contributed by atoms with Crippen LogP contribution in [0.4, 0.5) is 0 Å². The van der Waals surface area contributed by atoms with Gasteiger partial charge in [0.2, 0.25) is 0 Å². The molecule has 6 atom stereocenters. The zero-order valence-electron chi connectivity index (χ0n) is 30.9. The summed E-state index contributed by atoms with van der Waals surface area (Å²) in [6, 6.07) is 31.5. The van der Waals surface area contributed by atoms with Gasteiger partial charge in [-0.2, -0.15) is 0 Å². The number of esters is 5. The molecule has 4 aromatic rings. The van der Waals surface area contributed by atoms with Crippen LogP contribution in [0.15, 0.2) is 121 Å². The van der Waals surface area contributed by atoms with Crippen LogP contribution in [0, 0.1) is 5.92 Å². The zero-order valence-corrected chi connectivity index (χ0v) is 31.7. The van der Waals surface area contributed by atoms with Crippen molar-refractivity contribution in [2.75, 3.05) is 13.7 Å². The van der Waals surface area contributed by atoms with Crippen molar-refractivity contribution in [1.29, 1.82) is 0 Å². The minimum absolute atomic E-state index is 0.0709. The molecule has 13 nitrogen and oxygen atoms in total. The second kappa shape index (κ2) is 20.0. The molecule has 1 aliphatic heterocycles. The normalized spacial score (nSPS) is 18.4. The Morgan fingerprint density at radius 3 is 1.57 bits per heavy atom. The topological polar surface area (TPSA) is 165 Å². The second-order valence-corrected chi connectivity index (χ2v) is 13.5. The molecule has 0 unspecified atom stereocenters. The van der Waals surface area contributed by atoms with Crippen molar-refractivity contribution in [1.82, 2.24) is 10.6 Å². The van der Waals surface area contributed by atoms with Gasteiger partial charge in [-0.3, -0.25) is 0 Å². The van der Waals surface area contributed by atoms with E-state index in [9.17, 15) is 24.0 Å². The molecule has 0 saturated carbocycles. The summed E-state index contributed by atoms with van der Waals surface area (Å²) in [6.07, 6.45) is -6.84. The third-order valence-electron chi connectivity index (χ3n) is 8.55. The quantitative estimate of drug-likeness (QED) is 0.0907. The standard InChI is InChI=1S/C42H42N2O11S/c1-26(2)24-31(41(49)50-3)43-42(56)44-36-35(55-40(48)30-22-14-7-15-23-30)34(54-39(47)29-20-12-6-13-21-29)33(53-36)32(52-38(46)28-18-10-5-11-19-28)25-51-37(45)27-16-8-4-9-17-27/h4-23,26,31-36H,24-25H2,1-3H3,(H2,43,44,56)/t31-,32+,33-,34-,35+,36+/m0/s1. The lowest BCUT2D eigenvalue weighted by molar-refractivity contribution is -0.143. The Kier molecular flexibility index (Phi) is 14.7. The number of rotatable bonds is 15. The Morgan fingerprint density at radius 2 is 1.11 bits per heavy atom. The molecule has 0 spiro atoms. The summed E-state index contributed by atoms with van der Waals surface area (Å²) < 4.78 is 35.1. The number of benzene rings is 4. The van der Waals surface area contributed by atoms with Crippen LogP contribution in [0.25, 0.3) is 0 Å². The highest BCUT2D eigenvalue weighted by Gasteiger charge is 2.54. The molecular formula is C42H42N2O11S. The summed E-state index contributed by atoms with van der Waals surface area (Å²) >= 11 is 5.61. The predicted molar refractivity (Wildman–Crippen MR) is 206 cm³/mol. The van der Waals surface area contributed by atoms with Gasteiger partial charge >= 0.3 is 29.8 Å². The Hall–Kier alpha value is -6.12. The molecule has 1 saturated heterocycles. The smallest absolute Gasteiger partial charge is 0.338 e. The van der Waals surface area contributed by atoms with Gasteiger partial charge in [-0.15, -0.1) is 0 Å². The molecule has 56 heavy (non-hydrogen) atoms. The fourth-order valence-corrected chi connectivity index (χ4v) is 6.10. The minimum atomic E-state index is -1.49. The van der Waals surface area contributed by atoms with Gasteiger partial charge in [0, 0.05) is 0 Å². The number of thiocarbonyl (C=S) groups is 1. The summed E-state index contributed by atoms with van der Waals surface area (Å²) in [5.74, 6) is -3.64. The Morgan fingerprint density at radius 1 is 0.661 bits per heavy atom. The number of ether oxygens (including phenoxy) is 6. The molecule has 5 rings (SSSR count). The first-order chi connectivity index (χ1) is 27.0. The third-order valence-corrected chi connectivity index (χ3v) is 8.78. The molecular weight excluding hydrogens is 741 g/mol. The largest absolute Gasteiger partial charge is 0.467 e. The van der Waals surface area contributed by atoms with Crippen LogP contribution >= 0.6 is 12.2 Å². The highest BCUT2D eigenvalue weighted by atomic mass is 32.1. The molecule has 1 fully saturated rings. The lowest BCUT2D eigenvalue weighted by Crippen LogP contribution is -2.53. The molecule has 0 amide bonds. The van der Waals surface area contributed by atoms with Gasteiger partial charge in [0.15, 0.2) is 29.7 Å². The second-order valence-electron chi connectivity index (χ2n) is 13.1. The van der Waals surface area contributed by atoms with Gasteiger partial charge in [0.1, 0.15) is 18.8 Å². The number of hydrogen-bond donors (Lipinski definition) is 2. The lowest BCUT2D eigenvalue weighted by atomic mass is 10.0. The minimum Gasteiger partial charge on any atom is -0.467 e. The van der Waals surface area contributed by atoms with Gasteiger partial charge in [0.25, 0.3) is 0 Å². The highest BCUT2D eigenvalue weighted by Crippen LogP contribution is 2.31. The highest BCUT2D eigenvalue weighted by molar-refractivity contribution is 7.80. The van der Waals surface area contributed by atoms with E-state index >= 15 is 0 Å². The fraction of sp³-hybridized carbons (Fsp3) is 0.286. The van der Waals surface area contributed by atoms with Crippen molar-refractivity contribution in [3.63, 3.8) is 0 Å². The monoisotopic (exact) mass is 782 g/mol. The molecule has 0 aliphatic carbocycles. The van der Waals surface area contributed by atoms with E-state index in [0.29, 0.717) is 6.42 Å². The van der Waals surface area contributed by atoms with Crippen molar-refractivity contribution in [3.8, 4) is 0 Å². The molecule has 14 heteroatoms. The lowest BCUT2D eigenvalue weighted by Gasteiger charge is -2.28. The van der Waals surface area contributed by atoms with Crippen LogP contribution < -0.4 is 10.6 Å². The van der Waals surface area contributed by atoms with E-state index in [-0.39, 0.29) is 33.3 Å². The van der Waals surface area contributed by atoms with Gasteiger partial charge in [-0.05, 0) is 73.1 Å². The number of methoxy groups -OCH3 is 1. The fourth-order valence-electron chi connectivity index (χ4n) is 5.84. The third kappa shape index (κ3) is 11.2. The van der Waals surface area contributed by atoms with Crippen LogP contribution in [0.1, 0.15) is 61.7 Å². The van der Waals surface area contributed by atoms with E-state index in [1.165, 1.54) is 43.5 Å². The van der Waals surface area contributed by atoms with Crippen LogP contribution in [0.5, 0.6) is 0 Å². The van der Waals surface area contributed by atoms with Crippen LogP contribution in [-0.2, 0) is 33.2 Å². The first-order valence-corrected chi connectivity index (χ1v) is 18.3. The maximum Gasteiger partial charge on any atom is 0.338 e. The number of carbonyl (C=O) groups excluding carboxylic acids is 5. The summed E-state index contributed by atoms with van der Waals surface area (Å²) in [6.45, 7) is 3.28. The average molecular weight is 783 g/mol. The van der Waals surface area contributed by atoms with Gasteiger partial charge in [0.05, 0.1) is 29.4 Å². The molecule has 0 radical (unpaired) electrons. The van der Waals surface area contributed by atoms with Gasteiger partial charge in [-0.25, -0.2) is 24.0 Å². The molecule has 0 bridgehead atoms. The molecule has 2 N–H and O–H groups in total. The van der Waals surface area contributed by atoms with E-state index in [2.05, 4.69) is 10.6 Å². The SMILES string of the molecule is COC(=O)[C@H](CC(C)C)NC(=S)N[C@@H]1O[C@@H]([C@@H](COC(=O)c2ccccc2)OC(=O)c2ccccc2)[C@H](OC(=O)c2ccccc2)[C@H]1OC(=O)c1ccccc1. The Balaban J connectivity index is 1.54. The molecule has 4 aromatic carbocycles. The summed E-state index contributed by atoms with van der Waals surface area (Å²) in [4.78, 5) is 66.8. The van der Waals surface area contributed by atoms with E-state index in [4.69, 9.17) is 40.6 Å². The Labute approximate surface area is 329 Å². The average Bonchev–Trinajstić information content (AvgIpc) is 3.54. The first kappa shape index (κ1) is 41.1. The van der Waals surface area contributed by atoms with E-state index < -0.39 is 73.1 Å². The summed E-state index contributed by atoms with van der Waals surface area (Å²) in [5, 5.41) is 5.79. The number of carbonyl (C=O) groups is 5. The van der Waals surface area contributed by atoms with Crippen LogP contribution in [0.2, 0.25) is 0 Å². The molecule has 0 aromatic heterocycles. The molecule has 1 heterocycles. The maximum atomic E-state index is 13.7. The molecule has 1 aliphatic rings. The number of nitrogens with one attached hydrogen (secondary N) is 2. The van der Waals surface area contributed by atoms with Gasteiger partial charge < -0.3 is 39.1 Å². The van der Waals surface area contributed by atoms with Crippen molar-refractivity contribution in [3.05, 3.63) is 144 Å². The number of hydrogen-bond acceptors (Lipinski definition) is 12. The van der Waals surface area contributed by atoms with Crippen molar-refractivity contribution in [2.24, 2.45) is 5.92 Å². The summed E-state index contributed by atoms with van der Waals surface area (Å²) in [7, 11) is 1.25. The zero-order chi connectivity index (χ0) is 40.0.